The third kappa shape index (κ3) is 2.94. The van der Waals surface area contributed by atoms with Crippen LogP contribution in [-0.4, -0.2) is 26.5 Å². The number of hydrogen-bond acceptors (Lipinski definition) is 6. The summed E-state index contributed by atoms with van der Waals surface area (Å²) in [5.74, 6) is 1.62. The van der Waals surface area contributed by atoms with E-state index in [1.165, 1.54) is 16.1 Å². The van der Waals surface area contributed by atoms with Crippen molar-refractivity contribution in [1.29, 1.82) is 0 Å². The van der Waals surface area contributed by atoms with Crippen molar-refractivity contribution in [2.45, 2.75) is 32.1 Å². The molecule has 5 nitrogen and oxygen atoms in total. The molecule has 1 aliphatic carbocycles. The number of anilines is 1. The van der Waals surface area contributed by atoms with E-state index in [2.05, 4.69) is 41.3 Å². The Bertz CT molecular complexity index is 1130. The molecule has 1 fully saturated rings. The fourth-order valence-electron chi connectivity index (χ4n) is 3.61. The summed E-state index contributed by atoms with van der Waals surface area (Å²) in [4.78, 5) is 20.8. The molecule has 0 saturated heterocycles. The number of aryl methyl sites for hydroxylation is 2. The largest absolute Gasteiger partial charge is 0.368 e. The zero-order valence-corrected chi connectivity index (χ0v) is 16.8. The Morgan fingerprint density at radius 1 is 1.07 bits per heavy atom. The first kappa shape index (κ1) is 17.3. The summed E-state index contributed by atoms with van der Waals surface area (Å²) in [6, 6.07) is 10.1. The predicted molar refractivity (Wildman–Crippen MR) is 114 cm³/mol. The Balaban J connectivity index is 1.54. The van der Waals surface area contributed by atoms with Crippen molar-refractivity contribution in [3.63, 3.8) is 0 Å². The normalized spacial score (nSPS) is 14.9. The first-order valence-electron chi connectivity index (χ1n) is 9.50. The highest BCUT2D eigenvalue weighted by atomic mass is 32.1. The van der Waals surface area contributed by atoms with Crippen LogP contribution in [0, 0.1) is 13.8 Å². The fraction of sp³-hybridized carbons (Fsp3) is 0.273. The van der Waals surface area contributed by atoms with Gasteiger partial charge >= 0.3 is 0 Å². The van der Waals surface area contributed by atoms with E-state index in [4.69, 9.17) is 9.97 Å². The first-order chi connectivity index (χ1) is 13.7. The lowest BCUT2D eigenvalue weighted by atomic mass is 10.0. The second-order valence-electron chi connectivity index (χ2n) is 7.45. The van der Waals surface area contributed by atoms with Crippen molar-refractivity contribution in [3.05, 3.63) is 65.1 Å². The van der Waals surface area contributed by atoms with Gasteiger partial charge in [-0.1, -0.05) is 6.07 Å². The molecule has 0 amide bonds. The minimum Gasteiger partial charge on any atom is -0.368 e. The summed E-state index contributed by atoms with van der Waals surface area (Å²) in [7, 11) is 0. The molecular formula is C22H21N5S. The Morgan fingerprint density at radius 3 is 2.68 bits per heavy atom. The molecule has 5 rings (SSSR count). The van der Waals surface area contributed by atoms with Crippen molar-refractivity contribution in [3.8, 4) is 11.4 Å². The van der Waals surface area contributed by atoms with E-state index < -0.39 is 0 Å². The molecule has 0 aromatic carbocycles. The fourth-order valence-corrected chi connectivity index (χ4v) is 4.63. The van der Waals surface area contributed by atoms with Gasteiger partial charge in [-0.15, -0.1) is 11.3 Å². The molecule has 4 aromatic rings. The Hall–Kier alpha value is -2.86. The lowest BCUT2D eigenvalue weighted by Crippen LogP contribution is -2.21. The van der Waals surface area contributed by atoms with Crippen LogP contribution in [0.1, 0.15) is 29.0 Å². The van der Waals surface area contributed by atoms with Crippen LogP contribution in [-0.2, 0) is 5.41 Å². The predicted octanol–water partition coefficient (Wildman–Crippen LogP) is 4.91. The Kier molecular flexibility index (Phi) is 4.09. The minimum atomic E-state index is 0.117. The molecule has 0 aliphatic heterocycles. The van der Waals surface area contributed by atoms with Gasteiger partial charge in [0.2, 0.25) is 0 Å². The topological polar surface area (TPSA) is 63.6 Å². The second-order valence-corrected chi connectivity index (χ2v) is 8.65. The Morgan fingerprint density at radius 2 is 1.96 bits per heavy atom. The average Bonchev–Trinajstić information content (AvgIpc) is 3.48. The average molecular weight is 388 g/mol. The molecular weight excluding hydrogens is 366 g/mol. The van der Waals surface area contributed by atoms with Gasteiger partial charge in [-0.05, 0) is 56.5 Å². The number of hydrogen-bond donors (Lipinski definition) is 1. The molecule has 0 unspecified atom stereocenters. The summed E-state index contributed by atoms with van der Waals surface area (Å²) in [6.45, 7) is 5.13. The van der Waals surface area contributed by atoms with Gasteiger partial charge < -0.3 is 5.32 Å². The molecule has 6 heteroatoms. The zero-order chi connectivity index (χ0) is 19.1. The van der Waals surface area contributed by atoms with E-state index >= 15 is 0 Å². The summed E-state index contributed by atoms with van der Waals surface area (Å²) >= 11 is 1.72. The van der Waals surface area contributed by atoms with Crippen LogP contribution in [0.25, 0.3) is 21.6 Å². The number of nitrogens with one attached hydrogen (secondary N) is 1. The van der Waals surface area contributed by atoms with Crippen LogP contribution in [0.2, 0.25) is 0 Å². The van der Waals surface area contributed by atoms with E-state index in [-0.39, 0.29) is 5.41 Å². The molecule has 4 heterocycles. The molecule has 0 radical (unpaired) electrons. The third-order valence-corrected chi connectivity index (χ3v) is 6.71. The third-order valence-electron chi connectivity index (χ3n) is 5.60. The van der Waals surface area contributed by atoms with Gasteiger partial charge in [0.1, 0.15) is 10.6 Å². The van der Waals surface area contributed by atoms with E-state index in [0.717, 1.165) is 41.0 Å². The monoisotopic (exact) mass is 387 g/mol. The van der Waals surface area contributed by atoms with Gasteiger partial charge in [-0.25, -0.2) is 9.97 Å². The van der Waals surface area contributed by atoms with Crippen molar-refractivity contribution >= 4 is 27.4 Å². The Labute approximate surface area is 167 Å². The van der Waals surface area contributed by atoms with Crippen LogP contribution in [0.5, 0.6) is 0 Å². The summed E-state index contributed by atoms with van der Waals surface area (Å²) in [5.41, 5.74) is 3.47. The maximum Gasteiger partial charge on any atom is 0.164 e. The molecule has 1 N–H and O–H groups in total. The van der Waals surface area contributed by atoms with Crippen molar-refractivity contribution < 1.29 is 0 Å². The lowest BCUT2D eigenvalue weighted by Gasteiger charge is -2.17. The number of pyridine rings is 2. The molecule has 28 heavy (non-hydrogen) atoms. The molecule has 4 aromatic heterocycles. The maximum absolute atomic E-state index is 4.89. The van der Waals surface area contributed by atoms with E-state index in [1.54, 1.807) is 17.5 Å². The molecule has 0 bridgehead atoms. The van der Waals surface area contributed by atoms with Gasteiger partial charge in [0, 0.05) is 46.7 Å². The van der Waals surface area contributed by atoms with E-state index in [1.807, 2.05) is 30.6 Å². The summed E-state index contributed by atoms with van der Waals surface area (Å²) < 4.78 is 0. The number of aromatic nitrogens is 4. The van der Waals surface area contributed by atoms with Gasteiger partial charge in [-0.3, -0.25) is 9.97 Å². The molecule has 140 valence electrons. The van der Waals surface area contributed by atoms with Gasteiger partial charge in [0.25, 0.3) is 0 Å². The number of rotatable bonds is 5. The highest BCUT2D eigenvalue weighted by Crippen LogP contribution is 2.47. The minimum absolute atomic E-state index is 0.117. The molecule has 0 spiro atoms. The van der Waals surface area contributed by atoms with E-state index in [0.29, 0.717) is 5.82 Å². The van der Waals surface area contributed by atoms with Crippen LogP contribution in [0.3, 0.4) is 0 Å². The van der Waals surface area contributed by atoms with Crippen molar-refractivity contribution in [1.82, 2.24) is 19.9 Å². The quantitative estimate of drug-likeness (QED) is 0.527. The number of fused-ring (bicyclic) bond motifs is 1. The molecule has 0 atom stereocenters. The summed E-state index contributed by atoms with van der Waals surface area (Å²) in [6.07, 6.45) is 7.77. The number of nitrogens with zero attached hydrogens (tertiary/aromatic N) is 4. The second kappa shape index (κ2) is 6.63. The van der Waals surface area contributed by atoms with Crippen molar-refractivity contribution in [2.75, 3.05) is 11.9 Å². The molecule has 1 saturated carbocycles. The highest BCUT2D eigenvalue weighted by molar-refractivity contribution is 7.18. The van der Waals surface area contributed by atoms with E-state index in [9.17, 15) is 0 Å². The zero-order valence-electron chi connectivity index (χ0n) is 15.9. The van der Waals surface area contributed by atoms with Crippen LogP contribution in [0.15, 0.2) is 48.9 Å². The van der Waals surface area contributed by atoms with Gasteiger partial charge in [0.05, 0.1) is 5.39 Å². The van der Waals surface area contributed by atoms with Crippen LogP contribution >= 0.6 is 11.3 Å². The summed E-state index contributed by atoms with van der Waals surface area (Å²) in [5, 5.41) is 4.78. The van der Waals surface area contributed by atoms with Crippen LogP contribution < -0.4 is 5.32 Å². The maximum atomic E-state index is 4.89. The van der Waals surface area contributed by atoms with Gasteiger partial charge in [0.15, 0.2) is 5.82 Å². The SMILES string of the molecule is Cc1sc2nc(-c3cccnc3)nc(NCC3(c4ccccn4)CC3)c2c1C. The lowest BCUT2D eigenvalue weighted by molar-refractivity contribution is 0.701. The van der Waals surface area contributed by atoms with Crippen LogP contribution in [0.4, 0.5) is 5.82 Å². The molecule has 1 aliphatic rings. The number of thiophene rings is 1. The highest BCUT2D eigenvalue weighted by Gasteiger charge is 2.45. The smallest absolute Gasteiger partial charge is 0.164 e. The van der Waals surface area contributed by atoms with Gasteiger partial charge in [-0.2, -0.15) is 0 Å². The standard InChI is InChI=1S/C22H21N5S/c1-14-15(2)28-21-18(14)20(26-19(27-21)16-6-5-10-23-12-16)25-13-22(8-9-22)17-7-3-4-11-24-17/h3-7,10-12H,8-9,13H2,1-2H3,(H,25,26,27). The van der Waals surface area contributed by atoms with Crippen molar-refractivity contribution in [2.24, 2.45) is 0 Å². The first-order valence-corrected chi connectivity index (χ1v) is 10.3.